The third-order valence-corrected chi connectivity index (χ3v) is 7.80. The van der Waals surface area contributed by atoms with E-state index in [1.807, 2.05) is 25.1 Å². The zero-order valence-electron chi connectivity index (χ0n) is 17.2. The number of thioether (sulfide) groups is 1. The molecule has 2 aromatic rings. The Labute approximate surface area is 180 Å². The van der Waals surface area contributed by atoms with Gasteiger partial charge in [0.05, 0.1) is 6.04 Å². The molecule has 0 bridgehead atoms. The van der Waals surface area contributed by atoms with Crippen molar-refractivity contribution in [1.82, 2.24) is 10.3 Å². The molecule has 1 unspecified atom stereocenters. The molecule has 2 heterocycles. The molecule has 30 heavy (non-hydrogen) atoms. The van der Waals surface area contributed by atoms with Gasteiger partial charge in [-0.15, -0.1) is 0 Å². The summed E-state index contributed by atoms with van der Waals surface area (Å²) in [6, 6.07) is 13.2. The fourth-order valence-electron chi connectivity index (χ4n) is 4.84. The smallest absolute Gasteiger partial charge is 0.261 e. The highest BCUT2D eigenvalue weighted by molar-refractivity contribution is 8.15. The van der Waals surface area contributed by atoms with Gasteiger partial charge in [-0.3, -0.25) is 4.79 Å². The summed E-state index contributed by atoms with van der Waals surface area (Å²) in [5.41, 5.74) is 3.85. The summed E-state index contributed by atoms with van der Waals surface area (Å²) in [6.07, 6.45) is 5.74. The van der Waals surface area contributed by atoms with Gasteiger partial charge in [0.1, 0.15) is 15.7 Å². The number of hydrogen-bond donors (Lipinski definition) is 1. The van der Waals surface area contributed by atoms with E-state index in [1.54, 1.807) is 22.8 Å². The van der Waals surface area contributed by atoms with Crippen molar-refractivity contribution >= 4 is 22.7 Å². The van der Waals surface area contributed by atoms with Gasteiger partial charge in [-0.05, 0) is 68.8 Å². The van der Waals surface area contributed by atoms with Gasteiger partial charge in [-0.2, -0.15) is 5.10 Å². The summed E-state index contributed by atoms with van der Waals surface area (Å²) in [5.74, 6) is -0.293. The number of halogens is 1. The van der Waals surface area contributed by atoms with E-state index in [1.165, 1.54) is 11.6 Å². The molecule has 0 aromatic heterocycles. The second kappa shape index (κ2) is 7.82. The van der Waals surface area contributed by atoms with Crippen molar-refractivity contribution in [3.8, 4) is 0 Å². The molecule has 1 fully saturated rings. The van der Waals surface area contributed by atoms with E-state index < -0.39 is 4.87 Å². The summed E-state index contributed by atoms with van der Waals surface area (Å²) in [4.78, 5) is 13.1. The predicted molar refractivity (Wildman–Crippen MR) is 119 cm³/mol. The van der Waals surface area contributed by atoms with Crippen molar-refractivity contribution < 1.29 is 9.18 Å². The fourth-order valence-corrected chi connectivity index (χ4v) is 6.32. The monoisotopic (exact) mass is 423 g/mol. The van der Waals surface area contributed by atoms with Crippen molar-refractivity contribution in [3.05, 3.63) is 70.5 Å². The number of fused-ring (bicyclic) bond motifs is 2. The summed E-state index contributed by atoms with van der Waals surface area (Å²) < 4.78 is 14.7. The van der Waals surface area contributed by atoms with E-state index in [4.69, 9.17) is 5.10 Å². The number of hydrazone groups is 1. The lowest BCUT2D eigenvalue weighted by molar-refractivity contribution is -0.138. The molecule has 1 spiro atoms. The number of rotatable bonds is 2. The van der Waals surface area contributed by atoms with Crippen LogP contribution in [-0.4, -0.2) is 28.5 Å². The lowest BCUT2D eigenvalue weighted by Gasteiger charge is -2.41. The second-order valence-corrected chi connectivity index (χ2v) is 9.70. The van der Waals surface area contributed by atoms with E-state index in [0.29, 0.717) is 10.6 Å². The van der Waals surface area contributed by atoms with E-state index in [-0.39, 0.29) is 17.8 Å². The fraction of sp³-hybridized carbons (Fsp3) is 0.417. The van der Waals surface area contributed by atoms with Crippen LogP contribution in [0.15, 0.2) is 47.6 Å². The normalized spacial score (nSPS) is 25.9. The van der Waals surface area contributed by atoms with Crippen LogP contribution in [0.1, 0.15) is 54.4 Å². The maximum atomic E-state index is 14.7. The number of benzene rings is 2. The van der Waals surface area contributed by atoms with Crippen LogP contribution in [0.2, 0.25) is 0 Å². The molecule has 3 aliphatic rings. The summed E-state index contributed by atoms with van der Waals surface area (Å²) in [6.45, 7) is 2.80. The van der Waals surface area contributed by atoms with Crippen LogP contribution < -0.4 is 5.32 Å². The Hall–Kier alpha value is -2.18. The maximum Gasteiger partial charge on any atom is 0.261 e. The SMILES string of the molecule is Cc1ccc(F)c(C2=NN(C(=O)[C@@H]3CCCCN3)C3(CCCc4ccccc43)S2)c1. The number of nitrogens with one attached hydrogen (secondary N) is 1. The Morgan fingerprint density at radius 1 is 1.23 bits per heavy atom. The van der Waals surface area contributed by atoms with Gasteiger partial charge in [-0.1, -0.05) is 54.1 Å². The van der Waals surface area contributed by atoms with Gasteiger partial charge in [0.2, 0.25) is 0 Å². The largest absolute Gasteiger partial charge is 0.306 e. The van der Waals surface area contributed by atoms with Gasteiger partial charge >= 0.3 is 0 Å². The highest BCUT2D eigenvalue weighted by atomic mass is 32.2. The van der Waals surface area contributed by atoms with Crippen molar-refractivity contribution in [2.45, 2.75) is 56.4 Å². The Morgan fingerprint density at radius 3 is 2.93 bits per heavy atom. The third-order valence-electron chi connectivity index (χ3n) is 6.37. The second-order valence-electron chi connectivity index (χ2n) is 8.44. The van der Waals surface area contributed by atoms with Crippen molar-refractivity contribution in [2.75, 3.05) is 6.54 Å². The number of carbonyl (C=O) groups excluding carboxylic acids is 1. The van der Waals surface area contributed by atoms with Crippen LogP contribution in [0.4, 0.5) is 4.39 Å². The first-order chi connectivity index (χ1) is 14.6. The average Bonchev–Trinajstić information content (AvgIpc) is 3.15. The van der Waals surface area contributed by atoms with Gasteiger partial charge in [0.25, 0.3) is 5.91 Å². The van der Waals surface area contributed by atoms with Crippen LogP contribution in [-0.2, 0) is 16.1 Å². The lowest BCUT2D eigenvalue weighted by atomic mass is 9.86. The highest BCUT2D eigenvalue weighted by Crippen LogP contribution is 2.54. The molecule has 0 saturated carbocycles. The molecule has 2 aromatic carbocycles. The van der Waals surface area contributed by atoms with E-state index >= 15 is 0 Å². The molecular weight excluding hydrogens is 397 g/mol. The van der Waals surface area contributed by atoms with Crippen LogP contribution >= 0.6 is 11.8 Å². The van der Waals surface area contributed by atoms with Crippen LogP contribution in [0.5, 0.6) is 0 Å². The lowest BCUT2D eigenvalue weighted by Crippen LogP contribution is -2.52. The number of aryl methyl sites for hydroxylation is 2. The molecule has 2 aliphatic heterocycles. The zero-order valence-corrected chi connectivity index (χ0v) is 18.0. The number of amides is 1. The van der Waals surface area contributed by atoms with Crippen molar-refractivity contribution in [1.29, 1.82) is 0 Å². The quantitative estimate of drug-likeness (QED) is 0.761. The molecule has 2 atom stereocenters. The van der Waals surface area contributed by atoms with E-state index in [2.05, 4.69) is 17.4 Å². The van der Waals surface area contributed by atoms with Crippen LogP contribution in [0, 0.1) is 12.7 Å². The van der Waals surface area contributed by atoms with Crippen molar-refractivity contribution in [3.63, 3.8) is 0 Å². The molecule has 6 heteroatoms. The number of hydrogen-bond acceptors (Lipinski definition) is 4. The number of nitrogens with zero attached hydrogens (tertiary/aromatic N) is 2. The predicted octanol–water partition coefficient (Wildman–Crippen LogP) is 4.70. The van der Waals surface area contributed by atoms with Crippen LogP contribution in [0.25, 0.3) is 0 Å². The molecule has 1 saturated heterocycles. The highest BCUT2D eigenvalue weighted by Gasteiger charge is 2.52. The minimum Gasteiger partial charge on any atom is -0.306 e. The molecule has 156 valence electrons. The standard InChI is InChI=1S/C24H26FN3OS/c1-16-11-12-20(25)18(15-16)22-27-28(23(29)21-10-4-5-14-26-21)24(30-22)13-6-8-17-7-2-3-9-19(17)24/h2-3,7,9,11-12,15,21,26H,4-6,8,10,13-14H2,1H3/t21-,24?/m0/s1. The number of piperidine rings is 1. The Kier molecular flexibility index (Phi) is 5.15. The molecule has 1 amide bonds. The number of carbonyl (C=O) groups is 1. The topological polar surface area (TPSA) is 44.7 Å². The summed E-state index contributed by atoms with van der Waals surface area (Å²) in [7, 11) is 0. The summed E-state index contributed by atoms with van der Waals surface area (Å²) in [5, 5.41) is 10.5. The minimum absolute atomic E-state index is 0.00182. The first-order valence-electron chi connectivity index (χ1n) is 10.8. The zero-order chi connectivity index (χ0) is 20.7. The Bertz CT molecular complexity index is 1020. The Morgan fingerprint density at radius 2 is 2.10 bits per heavy atom. The first-order valence-corrected chi connectivity index (χ1v) is 11.6. The maximum absolute atomic E-state index is 14.7. The van der Waals surface area contributed by atoms with Crippen LogP contribution in [0.3, 0.4) is 0 Å². The van der Waals surface area contributed by atoms with E-state index in [9.17, 15) is 9.18 Å². The molecule has 0 radical (unpaired) electrons. The van der Waals surface area contributed by atoms with Gasteiger partial charge in [-0.25, -0.2) is 9.40 Å². The third kappa shape index (κ3) is 3.26. The van der Waals surface area contributed by atoms with Crippen molar-refractivity contribution in [2.24, 2.45) is 5.10 Å². The van der Waals surface area contributed by atoms with E-state index in [0.717, 1.165) is 56.2 Å². The van der Waals surface area contributed by atoms with Gasteiger partial charge in [0, 0.05) is 5.56 Å². The molecular formula is C24H26FN3OS. The molecule has 1 N–H and O–H groups in total. The molecule has 4 nitrogen and oxygen atoms in total. The van der Waals surface area contributed by atoms with Gasteiger partial charge in [0.15, 0.2) is 0 Å². The summed E-state index contributed by atoms with van der Waals surface area (Å²) >= 11 is 1.54. The molecule has 1 aliphatic carbocycles. The Balaban J connectivity index is 1.62. The van der Waals surface area contributed by atoms with Gasteiger partial charge < -0.3 is 5.32 Å². The first kappa shape index (κ1) is 19.8. The average molecular weight is 424 g/mol. The minimum atomic E-state index is -0.601. The molecule has 5 rings (SSSR count).